The molecule has 1 aliphatic heterocycles. The highest BCUT2D eigenvalue weighted by atomic mass is 16.5. The van der Waals surface area contributed by atoms with Gasteiger partial charge in [0.1, 0.15) is 0 Å². The molecule has 0 aliphatic carbocycles. The number of hydrogen-bond acceptors (Lipinski definition) is 4. The maximum absolute atomic E-state index is 11.3. The Morgan fingerprint density at radius 3 is 2.61 bits per heavy atom. The van der Waals surface area contributed by atoms with Gasteiger partial charge in [-0.25, -0.2) is 4.79 Å². The second-order valence-corrected chi connectivity index (χ2v) is 4.50. The zero-order valence-electron chi connectivity index (χ0n) is 10.8. The van der Waals surface area contributed by atoms with Crippen LogP contribution >= 0.6 is 0 Å². The van der Waals surface area contributed by atoms with E-state index in [1.54, 1.807) is 19.2 Å². The third-order valence-electron chi connectivity index (χ3n) is 3.42. The summed E-state index contributed by atoms with van der Waals surface area (Å²) in [5, 5.41) is 3.47. The number of benzene rings is 1. The molecule has 0 amide bonds. The molecule has 18 heavy (non-hydrogen) atoms. The van der Waals surface area contributed by atoms with Crippen LogP contribution in [0.3, 0.4) is 0 Å². The molecule has 4 nitrogen and oxygen atoms in total. The van der Waals surface area contributed by atoms with E-state index in [0.29, 0.717) is 17.7 Å². The van der Waals surface area contributed by atoms with Crippen molar-refractivity contribution in [3.05, 3.63) is 35.4 Å². The highest BCUT2D eigenvalue weighted by molar-refractivity contribution is 5.89. The normalized spacial score (nSPS) is 23.7. The molecule has 1 saturated heterocycles. The van der Waals surface area contributed by atoms with Crippen LogP contribution in [0.15, 0.2) is 24.3 Å². The van der Waals surface area contributed by atoms with Gasteiger partial charge in [-0.05, 0) is 37.1 Å². The van der Waals surface area contributed by atoms with Crippen molar-refractivity contribution < 1.29 is 14.3 Å². The molecule has 98 valence electrons. The fourth-order valence-electron chi connectivity index (χ4n) is 2.32. The second-order valence-electron chi connectivity index (χ2n) is 4.50. The van der Waals surface area contributed by atoms with Gasteiger partial charge in [-0.1, -0.05) is 12.1 Å². The lowest BCUT2D eigenvalue weighted by atomic mass is 9.95. The van der Waals surface area contributed by atoms with Crippen molar-refractivity contribution in [2.45, 2.75) is 25.0 Å². The fraction of sp³-hybridized carbons (Fsp3) is 0.500. The molecule has 2 unspecified atom stereocenters. The van der Waals surface area contributed by atoms with Crippen LogP contribution in [0.2, 0.25) is 0 Å². The van der Waals surface area contributed by atoms with Crippen molar-refractivity contribution in [3.8, 4) is 0 Å². The Kier molecular flexibility index (Phi) is 4.33. The zero-order chi connectivity index (χ0) is 13.0. The monoisotopic (exact) mass is 249 g/mol. The van der Waals surface area contributed by atoms with Crippen molar-refractivity contribution >= 4 is 5.97 Å². The van der Waals surface area contributed by atoms with E-state index >= 15 is 0 Å². The molecule has 0 aromatic heterocycles. The SMILES string of the molecule is COC(=O)c1ccc(C2CC(OC)CCN2)cc1. The second kappa shape index (κ2) is 5.98. The number of nitrogens with one attached hydrogen (secondary N) is 1. The molecule has 1 heterocycles. The predicted molar refractivity (Wildman–Crippen MR) is 68.6 cm³/mol. The molecule has 0 saturated carbocycles. The van der Waals surface area contributed by atoms with Gasteiger partial charge < -0.3 is 14.8 Å². The molecule has 1 aromatic carbocycles. The Bertz CT molecular complexity index is 402. The van der Waals surface area contributed by atoms with E-state index in [1.165, 1.54) is 12.7 Å². The summed E-state index contributed by atoms with van der Waals surface area (Å²) in [5.41, 5.74) is 1.77. The Labute approximate surface area is 107 Å². The predicted octanol–water partition coefficient (Wildman–Crippen LogP) is 1.91. The quantitative estimate of drug-likeness (QED) is 0.831. The number of methoxy groups -OCH3 is 2. The van der Waals surface area contributed by atoms with Crippen LogP contribution in [0, 0.1) is 0 Å². The standard InChI is InChI=1S/C14H19NO3/c1-17-12-7-8-15-13(9-12)10-3-5-11(6-4-10)14(16)18-2/h3-6,12-13,15H,7-9H2,1-2H3. The lowest BCUT2D eigenvalue weighted by Crippen LogP contribution is -2.35. The van der Waals surface area contributed by atoms with Gasteiger partial charge in [-0.3, -0.25) is 0 Å². The van der Waals surface area contributed by atoms with Crippen LogP contribution in [-0.2, 0) is 9.47 Å². The maximum atomic E-state index is 11.3. The Hall–Kier alpha value is -1.39. The number of carbonyl (C=O) groups excluding carboxylic acids is 1. The van der Waals surface area contributed by atoms with Crippen LogP contribution in [0.4, 0.5) is 0 Å². The molecule has 1 aromatic rings. The molecule has 2 atom stereocenters. The van der Waals surface area contributed by atoms with Gasteiger partial charge in [-0.2, -0.15) is 0 Å². The number of carbonyl (C=O) groups is 1. The summed E-state index contributed by atoms with van der Waals surface area (Å²) in [4.78, 5) is 11.3. The van der Waals surface area contributed by atoms with Gasteiger partial charge in [-0.15, -0.1) is 0 Å². The molecule has 0 bridgehead atoms. The minimum atomic E-state index is -0.298. The third-order valence-corrected chi connectivity index (χ3v) is 3.42. The van der Waals surface area contributed by atoms with Crippen molar-refractivity contribution in [3.63, 3.8) is 0 Å². The van der Waals surface area contributed by atoms with E-state index < -0.39 is 0 Å². The third kappa shape index (κ3) is 2.89. The van der Waals surface area contributed by atoms with Crippen molar-refractivity contribution in [2.75, 3.05) is 20.8 Å². The van der Waals surface area contributed by atoms with Crippen molar-refractivity contribution in [1.82, 2.24) is 5.32 Å². The van der Waals surface area contributed by atoms with E-state index in [0.717, 1.165) is 19.4 Å². The van der Waals surface area contributed by atoms with E-state index in [4.69, 9.17) is 4.74 Å². The highest BCUT2D eigenvalue weighted by Crippen LogP contribution is 2.24. The summed E-state index contributed by atoms with van der Waals surface area (Å²) in [6.45, 7) is 0.960. The molecular weight excluding hydrogens is 230 g/mol. The number of hydrogen-bond donors (Lipinski definition) is 1. The molecule has 0 radical (unpaired) electrons. The average molecular weight is 249 g/mol. The molecular formula is C14H19NO3. The number of ether oxygens (including phenoxy) is 2. The van der Waals surface area contributed by atoms with Crippen LogP contribution < -0.4 is 5.32 Å². The zero-order valence-corrected chi connectivity index (χ0v) is 10.8. The molecule has 1 aliphatic rings. The first-order valence-corrected chi connectivity index (χ1v) is 6.19. The lowest BCUT2D eigenvalue weighted by Gasteiger charge is -2.29. The first-order valence-electron chi connectivity index (χ1n) is 6.19. The summed E-state index contributed by atoms with van der Waals surface area (Å²) in [6.07, 6.45) is 2.33. The smallest absolute Gasteiger partial charge is 0.337 e. The number of piperidine rings is 1. The Balaban J connectivity index is 2.07. The van der Waals surface area contributed by atoms with Gasteiger partial charge in [0, 0.05) is 13.2 Å². The van der Waals surface area contributed by atoms with E-state index in [2.05, 4.69) is 10.1 Å². The molecule has 1 N–H and O–H groups in total. The lowest BCUT2D eigenvalue weighted by molar-refractivity contribution is 0.0597. The van der Waals surface area contributed by atoms with Crippen LogP contribution in [0.25, 0.3) is 0 Å². The fourth-order valence-corrected chi connectivity index (χ4v) is 2.32. The summed E-state index contributed by atoms with van der Waals surface area (Å²) in [6, 6.07) is 7.86. The minimum Gasteiger partial charge on any atom is -0.465 e. The van der Waals surface area contributed by atoms with Gasteiger partial charge in [0.05, 0.1) is 18.8 Å². The molecule has 4 heteroatoms. The topological polar surface area (TPSA) is 47.6 Å². The first-order chi connectivity index (χ1) is 8.74. The summed E-state index contributed by atoms with van der Waals surface area (Å²) < 4.78 is 10.1. The maximum Gasteiger partial charge on any atom is 0.337 e. The highest BCUT2D eigenvalue weighted by Gasteiger charge is 2.22. The minimum absolute atomic E-state index is 0.298. The number of esters is 1. The van der Waals surface area contributed by atoms with Crippen LogP contribution in [0.1, 0.15) is 34.8 Å². The molecule has 2 rings (SSSR count). The average Bonchev–Trinajstić information content (AvgIpc) is 2.46. The summed E-state index contributed by atoms with van der Waals surface area (Å²) >= 11 is 0. The van der Waals surface area contributed by atoms with Gasteiger partial charge in [0.25, 0.3) is 0 Å². The summed E-state index contributed by atoms with van der Waals surface area (Å²) in [7, 11) is 3.15. The van der Waals surface area contributed by atoms with E-state index in [-0.39, 0.29) is 5.97 Å². The first kappa shape index (κ1) is 13.1. The van der Waals surface area contributed by atoms with E-state index in [1.807, 2.05) is 12.1 Å². The number of rotatable bonds is 3. The van der Waals surface area contributed by atoms with E-state index in [9.17, 15) is 4.79 Å². The van der Waals surface area contributed by atoms with Crippen LogP contribution in [0.5, 0.6) is 0 Å². The largest absolute Gasteiger partial charge is 0.465 e. The molecule has 1 fully saturated rings. The van der Waals surface area contributed by atoms with Crippen molar-refractivity contribution in [2.24, 2.45) is 0 Å². The van der Waals surface area contributed by atoms with Gasteiger partial charge in [0.2, 0.25) is 0 Å². The van der Waals surface area contributed by atoms with Crippen LogP contribution in [-0.4, -0.2) is 32.8 Å². The Morgan fingerprint density at radius 2 is 2.00 bits per heavy atom. The van der Waals surface area contributed by atoms with Crippen molar-refractivity contribution in [1.29, 1.82) is 0 Å². The van der Waals surface area contributed by atoms with Gasteiger partial charge in [0.15, 0.2) is 0 Å². The molecule has 0 spiro atoms. The van der Waals surface area contributed by atoms with Gasteiger partial charge >= 0.3 is 5.97 Å². The Morgan fingerprint density at radius 1 is 1.28 bits per heavy atom. The summed E-state index contributed by atoms with van der Waals surface area (Å²) in [5.74, 6) is -0.298.